The Balaban J connectivity index is 1.69. The van der Waals surface area contributed by atoms with Gasteiger partial charge in [-0.3, -0.25) is 4.79 Å². The predicted octanol–water partition coefficient (Wildman–Crippen LogP) is 3.03. The highest BCUT2D eigenvalue weighted by molar-refractivity contribution is 7.89. The number of benzene rings is 2. The van der Waals surface area contributed by atoms with Crippen LogP contribution in [0, 0.1) is 13.8 Å². The van der Waals surface area contributed by atoms with E-state index in [0.717, 1.165) is 5.56 Å². The van der Waals surface area contributed by atoms with Gasteiger partial charge in [-0.15, -0.1) is 0 Å². The van der Waals surface area contributed by atoms with Crippen molar-refractivity contribution in [1.82, 2.24) is 4.31 Å². The Kier molecular flexibility index (Phi) is 6.79. The largest absolute Gasteiger partial charge is 0.379 e. The first-order valence-corrected chi connectivity index (χ1v) is 11.1. The number of hydrogen-bond acceptors (Lipinski definition) is 5. The zero-order valence-electron chi connectivity index (χ0n) is 16.4. The van der Waals surface area contributed by atoms with Gasteiger partial charge in [0.05, 0.1) is 24.7 Å². The van der Waals surface area contributed by atoms with Crippen molar-refractivity contribution in [3.8, 4) is 0 Å². The predicted molar refractivity (Wildman–Crippen MR) is 114 cm³/mol. The van der Waals surface area contributed by atoms with Gasteiger partial charge < -0.3 is 15.4 Å². The molecule has 2 aromatic rings. The molecule has 0 aromatic heterocycles. The van der Waals surface area contributed by atoms with Gasteiger partial charge in [-0.2, -0.15) is 4.31 Å². The maximum absolute atomic E-state index is 13.0. The van der Waals surface area contributed by atoms with Crippen LogP contribution in [-0.2, 0) is 19.6 Å². The molecule has 0 saturated carbocycles. The molecule has 0 unspecified atom stereocenters. The Morgan fingerprint density at radius 1 is 1.17 bits per heavy atom. The average Bonchev–Trinajstić information content (AvgIpc) is 2.71. The summed E-state index contributed by atoms with van der Waals surface area (Å²) >= 11 is 6.07. The van der Waals surface area contributed by atoms with Gasteiger partial charge in [-0.05, 0) is 49.2 Å². The van der Waals surface area contributed by atoms with Crippen molar-refractivity contribution in [3.05, 3.63) is 52.5 Å². The zero-order valence-corrected chi connectivity index (χ0v) is 17.9. The Morgan fingerprint density at radius 3 is 2.62 bits per heavy atom. The first kappa shape index (κ1) is 21.6. The molecule has 2 N–H and O–H groups in total. The molecule has 1 amide bonds. The Bertz CT molecular complexity index is 1000. The molecule has 9 heteroatoms. The number of carbonyl (C=O) groups excluding carboxylic acids is 1. The molecule has 29 heavy (non-hydrogen) atoms. The van der Waals surface area contributed by atoms with Crippen LogP contribution in [0.1, 0.15) is 11.1 Å². The highest BCUT2D eigenvalue weighted by Crippen LogP contribution is 2.25. The van der Waals surface area contributed by atoms with E-state index >= 15 is 0 Å². The van der Waals surface area contributed by atoms with Gasteiger partial charge in [0, 0.05) is 29.5 Å². The number of hydrogen-bond donors (Lipinski definition) is 2. The standard InChI is InChI=1S/C20H24ClN3O4S/c1-14-6-7-16(12-19(14)29(26,27)24-8-10-28-11-9-24)22-13-20(25)23-18-5-3-4-17(21)15(18)2/h3-7,12,22H,8-11,13H2,1-2H3,(H,23,25). The molecular weight excluding hydrogens is 414 g/mol. The molecule has 1 heterocycles. The molecule has 3 rings (SSSR count). The molecule has 1 saturated heterocycles. The molecule has 1 fully saturated rings. The van der Waals surface area contributed by atoms with Crippen molar-refractivity contribution in [1.29, 1.82) is 0 Å². The Morgan fingerprint density at radius 2 is 1.90 bits per heavy atom. The Labute approximate surface area is 176 Å². The highest BCUT2D eigenvalue weighted by Gasteiger charge is 2.28. The molecule has 0 atom stereocenters. The lowest BCUT2D eigenvalue weighted by Crippen LogP contribution is -2.40. The van der Waals surface area contributed by atoms with Gasteiger partial charge in [0.2, 0.25) is 15.9 Å². The van der Waals surface area contributed by atoms with Crippen molar-refractivity contribution >= 4 is 38.9 Å². The number of anilines is 2. The second-order valence-electron chi connectivity index (χ2n) is 6.81. The first-order chi connectivity index (χ1) is 13.8. The third-order valence-corrected chi connectivity index (χ3v) is 7.22. The number of halogens is 1. The van der Waals surface area contributed by atoms with Crippen LogP contribution >= 0.6 is 11.6 Å². The van der Waals surface area contributed by atoms with Crippen LogP contribution in [0.15, 0.2) is 41.3 Å². The van der Waals surface area contributed by atoms with Crippen LogP contribution in [0.2, 0.25) is 5.02 Å². The minimum absolute atomic E-state index is 0.00788. The fourth-order valence-corrected chi connectivity index (χ4v) is 4.87. The maximum atomic E-state index is 13.0. The summed E-state index contributed by atoms with van der Waals surface area (Å²) in [5.74, 6) is -0.256. The monoisotopic (exact) mass is 437 g/mol. The molecule has 1 aliphatic rings. The quantitative estimate of drug-likeness (QED) is 0.725. The second-order valence-corrected chi connectivity index (χ2v) is 9.12. The van der Waals surface area contributed by atoms with Crippen LogP contribution in [0.4, 0.5) is 11.4 Å². The third-order valence-electron chi connectivity index (χ3n) is 4.77. The number of aryl methyl sites for hydroxylation is 1. The molecule has 1 aliphatic heterocycles. The average molecular weight is 438 g/mol. The summed E-state index contributed by atoms with van der Waals surface area (Å²) in [5, 5.41) is 6.37. The normalized spacial score (nSPS) is 15.1. The zero-order chi connectivity index (χ0) is 21.0. The van der Waals surface area contributed by atoms with Gasteiger partial charge in [0.15, 0.2) is 0 Å². The van der Waals surface area contributed by atoms with Gasteiger partial charge in [0.1, 0.15) is 0 Å². The van der Waals surface area contributed by atoms with Crippen molar-refractivity contribution in [2.45, 2.75) is 18.7 Å². The summed E-state index contributed by atoms with van der Waals surface area (Å²) in [6.07, 6.45) is 0. The molecule has 7 nitrogen and oxygen atoms in total. The van der Waals surface area contributed by atoms with E-state index in [9.17, 15) is 13.2 Å². The number of carbonyl (C=O) groups is 1. The first-order valence-electron chi connectivity index (χ1n) is 9.26. The van der Waals surface area contributed by atoms with E-state index in [4.69, 9.17) is 16.3 Å². The minimum Gasteiger partial charge on any atom is -0.379 e. The molecule has 0 bridgehead atoms. The van der Waals surface area contributed by atoms with Crippen molar-refractivity contribution < 1.29 is 17.9 Å². The summed E-state index contributed by atoms with van der Waals surface area (Å²) in [6, 6.07) is 10.4. The SMILES string of the molecule is Cc1ccc(NCC(=O)Nc2cccc(Cl)c2C)cc1S(=O)(=O)N1CCOCC1. The van der Waals surface area contributed by atoms with E-state index in [1.165, 1.54) is 4.31 Å². The molecule has 0 aliphatic carbocycles. The van der Waals surface area contributed by atoms with Gasteiger partial charge >= 0.3 is 0 Å². The van der Waals surface area contributed by atoms with E-state index in [-0.39, 0.29) is 17.3 Å². The third kappa shape index (κ3) is 5.08. The lowest BCUT2D eigenvalue weighted by Gasteiger charge is -2.27. The molecule has 2 aromatic carbocycles. The number of sulfonamides is 1. The second kappa shape index (κ2) is 9.13. The minimum atomic E-state index is -3.61. The lowest BCUT2D eigenvalue weighted by molar-refractivity contribution is -0.114. The van der Waals surface area contributed by atoms with Gasteiger partial charge in [-0.25, -0.2) is 8.42 Å². The molecule has 156 valence electrons. The van der Waals surface area contributed by atoms with Crippen molar-refractivity contribution in [2.24, 2.45) is 0 Å². The number of rotatable bonds is 6. The van der Waals surface area contributed by atoms with Crippen molar-refractivity contribution in [3.63, 3.8) is 0 Å². The van der Waals surface area contributed by atoms with E-state index < -0.39 is 10.0 Å². The lowest BCUT2D eigenvalue weighted by atomic mass is 10.2. The summed E-state index contributed by atoms with van der Waals surface area (Å²) in [4.78, 5) is 12.5. The highest BCUT2D eigenvalue weighted by atomic mass is 35.5. The Hall–Kier alpha value is -2.13. The number of morpholine rings is 1. The van der Waals surface area contributed by atoms with E-state index in [0.29, 0.717) is 48.3 Å². The fraction of sp³-hybridized carbons (Fsp3) is 0.350. The summed E-state index contributed by atoms with van der Waals surface area (Å²) in [6.45, 7) is 5.02. The van der Waals surface area contributed by atoms with Crippen LogP contribution in [0.5, 0.6) is 0 Å². The molecular formula is C20H24ClN3O4S. The number of nitrogens with zero attached hydrogens (tertiary/aromatic N) is 1. The number of ether oxygens (including phenoxy) is 1. The summed E-state index contributed by atoms with van der Waals surface area (Å²) in [5.41, 5.74) is 2.64. The van der Waals surface area contributed by atoms with Crippen LogP contribution in [0.3, 0.4) is 0 Å². The maximum Gasteiger partial charge on any atom is 0.243 e. The smallest absolute Gasteiger partial charge is 0.243 e. The van der Waals surface area contributed by atoms with Crippen LogP contribution < -0.4 is 10.6 Å². The van der Waals surface area contributed by atoms with E-state index in [2.05, 4.69) is 10.6 Å². The number of amides is 1. The van der Waals surface area contributed by atoms with Crippen molar-refractivity contribution in [2.75, 3.05) is 43.5 Å². The number of nitrogens with one attached hydrogen (secondary N) is 2. The van der Waals surface area contributed by atoms with E-state index in [1.54, 1.807) is 43.3 Å². The molecule has 0 radical (unpaired) electrons. The van der Waals surface area contributed by atoms with Gasteiger partial charge in [-0.1, -0.05) is 23.7 Å². The summed E-state index contributed by atoms with van der Waals surface area (Å²) in [7, 11) is -3.61. The fourth-order valence-electron chi connectivity index (χ4n) is 3.03. The van der Waals surface area contributed by atoms with E-state index in [1.807, 2.05) is 6.92 Å². The topological polar surface area (TPSA) is 87.7 Å². The molecule has 0 spiro atoms. The van der Waals surface area contributed by atoms with Crippen LogP contribution in [-0.4, -0.2) is 51.5 Å². The summed E-state index contributed by atoms with van der Waals surface area (Å²) < 4.78 is 32.6. The van der Waals surface area contributed by atoms with Gasteiger partial charge in [0.25, 0.3) is 0 Å². The van der Waals surface area contributed by atoms with Crippen LogP contribution in [0.25, 0.3) is 0 Å².